The molecule has 0 radical (unpaired) electrons. The van der Waals surface area contributed by atoms with Crippen molar-refractivity contribution in [3.05, 3.63) is 29.6 Å². The smallest absolute Gasteiger partial charge is 0.188 e. The molecule has 0 aliphatic rings. The van der Waals surface area contributed by atoms with E-state index in [0.29, 0.717) is 12.2 Å². The van der Waals surface area contributed by atoms with Crippen molar-refractivity contribution in [3.8, 4) is 0 Å². The Morgan fingerprint density at radius 2 is 2.16 bits per heavy atom. The number of aromatic nitrogens is 1. The highest BCUT2D eigenvalue weighted by molar-refractivity contribution is 5.95. The van der Waals surface area contributed by atoms with Crippen LogP contribution in [0.15, 0.2) is 23.5 Å². The van der Waals surface area contributed by atoms with E-state index in [1.54, 1.807) is 12.3 Å². The molecule has 0 aliphatic heterocycles. The van der Waals surface area contributed by atoms with E-state index in [1.807, 2.05) is 19.9 Å². The molecule has 0 fully saturated rings. The number of pyridine rings is 1. The van der Waals surface area contributed by atoms with Gasteiger partial charge in [-0.2, -0.15) is 0 Å². The van der Waals surface area contributed by atoms with Gasteiger partial charge in [-0.3, -0.25) is 4.98 Å². The Labute approximate surface area is 113 Å². The SMILES string of the molecule is CCC(CC)(CO)NCc1ccnc(C(N)=NO)c1. The van der Waals surface area contributed by atoms with Gasteiger partial charge in [-0.1, -0.05) is 19.0 Å². The van der Waals surface area contributed by atoms with Crippen LogP contribution >= 0.6 is 0 Å². The number of hydrogen-bond donors (Lipinski definition) is 4. The monoisotopic (exact) mass is 266 g/mol. The summed E-state index contributed by atoms with van der Waals surface area (Å²) in [6, 6.07) is 3.62. The Morgan fingerprint density at radius 3 is 2.68 bits per heavy atom. The highest BCUT2D eigenvalue weighted by Crippen LogP contribution is 2.15. The first kappa shape index (κ1) is 15.4. The van der Waals surface area contributed by atoms with Crippen LogP contribution in [0, 0.1) is 0 Å². The van der Waals surface area contributed by atoms with Gasteiger partial charge in [0.15, 0.2) is 5.84 Å². The minimum atomic E-state index is -0.264. The van der Waals surface area contributed by atoms with Crippen molar-refractivity contribution in [1.82, 2.24) is 10.3 Å². The Balaban J connectivity index is 2.78. The van der Waals surface area contributed by atoms with Crippen LogP contribution in [0.4, 0.5) is 0 Å². The second-order valence-corrected chi connectivity index (χ2v) is 4.53. The van der Waals surface area contributed by atoms with Crippen molar-refractivity contribution in [1.29, 1.82) is 0 Å². The molecule has 0 unspecified atom stereocenters. The highest BCUT2D eigenvalue weighted by Gasteiger charge is 2.24. The molecule has 1 rings (SSSR count). The fourth-order valence-electron chi connectivity index (χ4n) is 1.84. The second kappa shape index (κ2) is 7.06. The number of oxime groups is 1. The lowest BCUT2D eigenvalue weighted by Crippen LogP contribution is -2.47. The molecule has 1 aromatic heterocycles. The molecule has 5 N–H and O–H groups in total. The van der Waals surface area contributed by atoms with Gasteiger partial charge in [0.2, 0.25) is 0 Å². The van der Waals surface area contributed by atoms with Gasteiger partial charge in [-0.25, -0.2) is 0 Å². The van der Waals surface area contributed by atoms with Crippen molar-refractivity contribution in [2.24, 2.45) is 10.9 Å². The Bertz CT molecular complexity index is 422. The van der Waals surface area contributed by atoms with Gasteiger partial charge < -0.3 is 21.4 Å². The quantitative estimate of drug-likeness (QED) is 0.253. The summed E-state index contributed by atoms with van der Waals surface area (Å²) in [7, 11) is 0. The van der Waals surface area contributed by atoms with Crippen LogP contribution in [0.2, 0.25) is 0 Å². The first-order chi connectivity index (χ1) is 9.10. The first-order valence-electron chi connectivity index (χ1n) is 6.39. The zero-order valence-electron chi connectivity index (χ0n) is 11.4. The lowest BCUT2D eigenvalue weighted by atomic mass is 9.93. The van der Waals surface area contributed by atoms with Crippen molar-refractivity contribution in [3.63, 3.8) is 0 Å². The topological polar surface area (TPSA) is 104 Å². The van der Waals surface area contributed by atoms with E-state index < -0.39 is 0 Å². The number of nitrogens with one attached hydrogen (secondary N) is 1. The predicted molar refractivity (Wildman–Crippen MR) is 74.0 cm³/mol. The zero-order chi connectivity index (χ0) is 14.3. The van der Waals surface area contributed by atoms with E-state index in [0.717, 1.165) is 18.4 Å². The molecular formula is C13H22N4O2. The number of hydrogen-bond acceptors (Lipinski definition) is 5. The zero-order valence-corrected chi connectivity index (χ0v) is 11.4. The molecule has 19 heavy (non-hydrogen) atoms. The molecule has 0 saturated heterocycles. The highest BCUT2D eigenvalue weighted by atomic mass is 16.4. The van der Waals surface area contributed by atoms with Gasteiger partial charge >= 0.3 is 0 Å². The molecule has 0 aliphatic carbocycles. The predicted octanol–water partition coefficient (Wildman–Crippen LogP) is 0.817. The normalized spacial score (nSPS) is 12.7. The molecule has 1 aromatic rings. The summed E-state index contributed by atoms with van der Waals surface area (Å²) in [5.41, 5.74) is 6.64. The van der Waals surface area contributed by atoms with Crippen LogP contribution in [0.25, 0.3) is 0 Å². The Kier molecular flexibility index (Phi) is 5.72. The van der Waals surface area contributed by atoms with Crippen LogP contribution in [0.3, 0.4) is 0 Å². The maximum Gasteiger partial charge on any atom is 0.188 e. The summed E-state index contributed by atoms with van der Waals surface area (Å²) < 4.78 is 0. The standard InChI is InChI=1S/C13H22N4O2/c1-3-13(4-2,9-18)16-8-10-5-6-15-11(7-10)12(14)17-19/h5-7,16,18-19H,3-4,8-9H2,1-2H3,(H2,14,17). The van der Waals surface area contributed by atoms with Crippen LogP contribution in [0.1, 0.15) is 37.9 Å². The van der Waals surface area contributed by atoms with E-state index in [2.05, 4.69) is 15.5 Å². The molecule has 0 atom stereocenters. The third kappa shape index (κ3) is 3.90. The lowest BCUT2D eigenvalue weighted by molar-refractivity contribution is 0.149. The fourth-order valence-corrected chi connectivity index (χ4v) is 1.84. The number of nitrogens with two attached hydrogens (primary N) is 1. The number of nitrogens with zero attached hydrogens (tertiary/aromatic N) is 2. The summed E-state index contributed by atoms with van der Waals surface area (Å²) in [5, 5.41) is 24.4. The van der Waals surface area contributed by atoms with E-state index in [9.17, 15) is 5.11 Å². The van der Waals surface area contributed by atoms with Gasteiger partial charge in [0.1, 0.15) is 5.69 Å². The number of aliphatic hydroxyl groups is 1. The average Bonchev–Trinajstić information content (AvgIpc) is 2.48. The summed E-state index contributed by atoms with van der Waals surface area (Å²) in [5.74, 6) is -0.0127. The summed E-state index contributed by atoms with van der Waals surface area (Å²) in [4.78, 5) is 4.02. The third-order valence-corrected chi connectivity index (χ3v) is 3.52. The number of aliphatic hydroxyl groups excluding tert-OH is 1. The van der Waals surface area contributed by atoms with Gasteiger partial charge in [0, 0.05) is 18.3 Å². The maximum atomic E-state index is 9.49. The van der Waals surface area contributed by atoms with Crippen molar-refractivity contribution in [2.75, 3.05) is 6.61 Å². The third-order valence-electron chi connectivity index (χ3n) is 3.52. The van der Waals surface area contributed by atoms with E-state index in [1.165, 1.54) is 0 Å². The molecule has 0 bridgehead atoms. The molecule has 1 heterocycles. The van der Waals surface area contributed by atoms with Crippen molar-refractivity contribution in [2.45, 2.75) is 38.8 Å². The Morgan fingerprint density at radius 1 is 1.47 bits per heavy atom. The molecule has 106 valence electrons. The van der Waals surface area contributed by atoms with Gasteiger partial charge in [0.05, 0.1) is 6.61 Å². The Hall–Kier alpha value is -1.66. The molecule has 0 spiro atoms. The largest absolute Gasteiger partial charge is 0.409 e. The van der Waals surface area contributed by atoms with Crippen molar-refractivity contribution >= 4 is 5.84 Å². The second-order valence-electron chi connectivity index (χ2n) is 4.53. The van der Waals surface area contributed by atoms with Gasteiger partial charge in [0.25, 0.3) is 0 Å². The molecular weight excluding hydrogens is 244 g/mol. The summed E-state index contributed by atoms with van der Waals surface area (Å²) >= 11 is 0. The molecule has 6 heteroatoms. The molecule has 6 nitrogen and oxygen atoms in total. The van der Waals surface area contributed by atoms with Crippen LogP contribution in [0.5, 0.6) is 0 Å². The van der Waals surface area contributed by atoms with Gasteiger partial charge in [-0.05, 0) is 30.5 Å². The molecule has 0 saturated carbocycles. The van der Waals surface area contributed by atoms with Gasteiger partial charge in [-0.15, -0.1) is 0 Å². The van der Waals surface area contributed by atoms with E-state index in [-0.39, 0.29) is 18.0 Å². The minimum Gasteiger partial charge on any atom is -0.409 e. The minimum absolute atomic E-state index is 0.0127. The summed E-state index contributed by atoms with van der Waals surface area (Å²) in [6.07, 6.45) is 3.30. The first-order valence-corrected chi connectivity index (χ1v) is 6.39. The maximum absolute atomic E-state index is 9.49. The van der Waals surface area contributed by atoms with E-state index >= 15 is 0 Å². The average molecular weight is 266 g/mol. The van der Waals surface area contributed by atoms with Crippen LogP contribution < -0.4 is 11.1 Å². The number of rotatable bonds is 7. The fraction of sp³-hybridized carbons (Fsp3) is 0.538. The van der Waals surface area contributed by atoms with Crippen LogP contribution in [-0.4, -0.2) is 33.3 Å². The summed E-state index contributed by atoms with van der Waals surface area (Å²) in [6.45, 7) is 4.77. The van der Waals surface area contributed by atoms with E-state index in [4.69, 9.17) is 10.9 Å². The van der Waals surface area contributed by atoms with Crippen LogP contribution in [-0.2, 0) is 6.54 Å². The molecule has 0 aromatic carbocycles. The lowest BCUT2D eigenvalue weighted by Gasteiger charge is -2.31. The number of amidine groups is 1. The molecule has 0 amide bonds. The van der Waals surface area contributed by atoms with Crippen molar-refractivity contribution < 1.29 is 10.3 Å².